The van der Waals surface area contributed by atoms with Crippen LogP contribution in [0.15, 0.2) is 15.5 Å². The number of H-pyrrole nitrogens is 1. The molecule has 0 aliphatic rings. The molecule has 0 aliphatic heterocycles. The van der Waals surface area contributed by atoms with Gasteiger partial charge < -0.3 is 4.98 Å². The minimum Gasteiger partial charge on any atom is -0.310 e. The summed E-state index contributed by atoms with van der Waals surface area (Å²) in [5.41, 5.74) is 1.29. The predicted octanol–water partition coefficient (Wildman–Crippen LogP) is 1.70. The van der Waals surface area contributed by atoms with Gasteiger partial charge in [-0.3, -0.25) is 4.79 Å². The predicted molar refractivity (Wildman–Crippen MR) is 57.3 cm³/mol. The zero-order valence-corrected chi connectivity index (χ0v) is 9.34. The van der Waals surface area contributed by atoms with Gasteiger partial charge in [0.05, 0.1) is 16.6 Å². The Labute approximate surface area is 88.5 Å². The fourth-order valence-corrected chi connectivity index (χ4v) is 1.86. The van der Waals surface area contributed by atoms with Crippen molar-refractivity contribution in [3.8, 4) is 0 Å². The summed E-state index contributed by atoms with van der Waals surface area (Å²) in [7, 11) is 0. The van der Waals surface area contributed by atoms with E-state index in [1.165, 1.54) is 0 Å². The SMILES string of the molecule is Cc1nc2c(C)nc(Br)cc2c(=O)[nH]1. The van der Waals surface area contributed by atoms with E-state index in [1.54, 1.807) is 13.0 Å². The first-order valence-electron chi connectivity index (χ1n) is 4.11. The minimum atomic E-state index is -0.126. The van der Waals surface area contributed by atoms with E-state index >= 15 is 0 Å². The first-order valence-corrected chi connectivity index (χ1v) is 4.91. The van der Waals surface area contributed by atoms with Gasteiger partial charge in [-0.25, -0.2) is 9.97 Å². The van der Waals surface area contributed by atoms with E-state index in [2.05, 4.69) is 30.9 Å². The summed E-state index contributed by atoms with van der Waals surface area (Å²) in [5, 5.41) is 0.565. The molecule has 0 bridgehead atoms. The standard InChI is InChI=1S/C9H8BrN3O/c1-4-8-6(3-7(10)11-4)9(14)13-5(2)12-8/h3H,1-2H3,(H,12,13,14). The van der Waals surface area contributed by atoms with Crippen molar-refractivity contribution in [1.82, 2.24) is 15.0 Å². The van der Waals surface area contributed by atoms with Gasteiger partial charge in [0.25, 0.3) is 5.56 Å². The summed E-state index contributed by atoms with van der Waals surface area (Å²) in [5.74, 6) is 0.606. The molecule has 72 valence electrons. The van der Waals surface area contributed by atoms with Crippen molar-refractivity contribution in [2.24, 2.45) is 0 Å². The second-order valence-corrected chi connectivity index (χ2v) is 3.89. The van der Waals surface area contributed by atoms with Crippen LogP contribution < -0.4 is 5.56 Å². The maximum absolute atomic E-state index is 11.6. The molecule has 2 rings (SSSR count). The van der Waals surface area contributed by atoms with Crippen molar-refractivity contribution in [3.05, 3.63) is 32.5 Å². The number of nitrogens with zero attached hydrogens (tertiary/aromatic N) is 2. The Kier molecular flexibility index (Phi) is 2.11. The molecule has 14 heavy (non-hydrogen) atoms. The van der Waals surface area contributed by atoms with Gasteiger partial charge in [0.2, 0.25) is 0 Å². The molecule has 0 saturated heterocycles. The van der Waals surface area contributed by atoms with E-state index in [-0.39, 0.29) is 5.56 Å². The molecule has 1 N–H and O–H groups in total. The van der Waals surface area contributed by atoms with Crippen molar-refractivity contribution >= 4 is 26.8 Å². The first kappa shape index (κ1) is 9.33. The maximum Gasteiger partial charge on any atom is 0.258 e. The highest BCUT2D eigenvalue weighted by Crippen LogP contribution is 2.15. The average molecular weight is 254 g/mol. The number of nitrogens with one attached hydrogen (secondary N) is 1. The zero-order valence-electron chi connectivity index (χ0n) is 7.76. The van der Waals surface area contributed by atoms with Crippen LogP contribution in [0.5, 0.6) is 0 Å². The lowest BCUT2D eigenvalue weighted by Gasteiger charge is -2.01. The highest BCUT2D eigenvalue weighted by molar-refractivity contribution is 9.10. The number of pyridine rings is 1. The molecule has 2 heterocycles. The Balaban J connectivity index is 3.02. The van der Waals surface area contributed by atoms with E-state index in [9.17, 15) is 4.79 Å². The molecule has 4 nitrogen and oxygen atoms in total. The van der Waals surface area contributed by atoms with Crippen LogP contribution >= 0.6 is 15.9 Å². The third-order valence-corrected chi connectivity index (χ3v) is 2.36. The summed E-state index contributed by atoms with van der Waals surface area (Å²) in [6.45, 7) is 3.58. The molecule has 0 atom stereocenters. The van der Waals surface area contributed by atoms with Crippen LogP contribution in [0.25, 0.3) is 10.9 Å². The van der Waals surface area contributed by atoms with Gasteiger partial charge in [0.1, 0.15) is 10.4 Å². The monoisotopic (exact) mass is 253 g/mol. The minimum absolute atomic E-state index is 0.126. The number of rotatable bonds is 0. The molecule has 0 radical (unpaired) electrons. The Morgan fingerprint density at radius 3 is 2.79 bits per heavy atom. The Morgan fingerprint density at radius 1 is 1.36 bits per heavy atom. The van der Waals surface area contributed by atoms with Crippen LogP contribution in [-0.4, -0.2) is 15.0 Å². The summed E-state index contributed by atoms with van der Waals surface area (Å²) < 4.78 is 0.652. The molecule has 0 aliphatic carbocycles. The third-order valence-electron chi connectivity index (χ3n) is 1.95. The van der Waals surface area contributed by atoms with Crippen molar-refractivity contribution in [3.63, 3.8) is 0 Å². The molecule has 0 amide bonds. The smallest absolute Gasteiger partial charge is 0.258 e. The van der Waals surface area contributed by atoms with E-state index < -0.39 is 0 Å². The second-order valence-electron chi connectivity index (χ2n) is 3.08. The van der Waals surface area contributed by atoms with Crippen molar-refractivity contribution in [1.29, 1.82) is 0 Å². The molecular formula is C9H8BrN3O. The van der Waals surface area contributed by atoms with Gasteiger partial charge in [-0.2, -0.15) is 0 Å². The number of aromatic amines is 1. The van der Waals surface area contributed by atoms with Gasteiger partial charge >= 0.3 is 0 Å². The average Bonchev–Trinajstić information content (AvgIpc) is 2.07. The normalized spacial score (nSPS) is 10.8. The van der Waals surface area contributed by atoms with Gasteiger partial charge in [0.15, 0.2) is 0 Å². The number of aromatic nitrogens is 3. The van der Waals surface area contributed by atoms with E-state index in [0.29, 0.717) is 21.3 Å². The lowest BCUT2D eigenvalue weighted by Crippen LogP contribution is -2.10. The van der Waals surface area contributed by atoms with Crippen LogP contribution in [0.1, 0.15) is 11.5 Å². The van der Waals surface area contributed by atoms with Crippen LogP contribution in [0, 0.1) is 13.8 Å². The third kappa shape index (κ3) is 1.43. The number of aryl methyl sites for hydroxylation is 2. The molecule has 0 fully saturated rings. The van der Waals surface area contributed by atoms with Crippen LogP contribution in [-0.2, 0) is 0 Å². The maximum atomic E-state index is 11.6. The highest BCUT2D eigenvalue weighted by atomic mass is 79.9. The number of fused-ring (bicyclic) bond motifs is 1. The molecule has 5 heteroatoms. The fourth-order valence-electron chi connectivity index (χ4n) is 1.37. The molecule has 0 spiro atoms. The number of halogens is 1. The Bertz CT molecular complexity index is 562. The Hall–Kier alpha value is -1.23. The molecule has 0 unspecified atom stereocenters. The van der Waals surface area contributed by atoms with E-state index in [1.807, 2.05) is 6.92 Å². The topological polar surface area (TPSA) is 58.6 Å². The summed E-state index contributed by atoms with van der Waals surface area (Å²) >= 11 is 3.24. The quantitative estimate of drug-likeness (QED) is 0.728. The molecular weight excluding hydrogens is 246 g/mol. The van der Waals surface area contributed by atoms with Gasteiger partial charge in [-0.1, -0.05) is 0 Å². The first-order chi connectivity index (χ1) is 6.58. The summed E-state index contributed by atoms with van der Waals surface area (Å²) in [6.07, 6.45) is 0. The lowest BCUT2D eigenvalue weighted by atomic mass is 10.2. The zero-order chi connectivity index (χ0) is 10.3. The highest BCUT2D eigenvalue weighted by Gasteiger charge is 2.06. The lowest BCUT2D eigenvalue weighted by molar-refractivity contribution is 1.04. The van der Waals surface area contributed by atoms with Gasteiger partial charge in [-0.15, -0.1) is 0 Å². The van der Waals surface area contributed by atoms with Crippen molar-refractivity contribution < 1.29 is 0 Å². The van der Waals surface area contributed by atoms with Crippen molar-refractivity contribution in [2.75, 3.05) is 0 Å². The Morgan fingerprint density at radius 2 is 2.07 bits per heavy atom. The van der Waals surface area contributed by atoms with E-state index in [0.717, 1.165) is 5.69 Å². The van der Waals surface area contributed by atoms with Gasteiger partial charge in [0, 0.05) is 0 Å². The molecule has 2 aromatic rings. The van der Waals surface area contributed by atoms with E-state index in [4.69, 9.17) is 0 Å². The van der Waals surface area contributed by atoms with Crippen LogP contribution in [0.2, 0.25) is 0 Å². The molecule has 0 saturated carbocycles. The van der Waals surface area contributed by atoms with Crippen molar-refractivity contribution in [2.45, 2.75) is 13.8 Å². The molecule has 2 aromatic heterocycles. The van der Waals surface area contributed by atoms with Gasteiger partial charge in [-0.05, 0) is 35.8 Å². The second kappa shape index (κ2) is 3.16. The fraction of sp³-hybridized carbons (Fsp3) is 0.222. The van der Waals surface area contributed by atoms with Crippen LogP contribution in [0.4, 0.5) is 0 Å². The summed E-state index contributed by atoms with van der Waals surface area (Å²) in [6, 6.07) is 1.67. The largest absolute Gasteiger partial charge is 0.310 e. The van der Waals surface area contributed by atoms with Crippen LogP contribution in [0.3, 0.4) is 0 Å². The summed E-state index contributed by atoms with van der Waals surface area (Å²) in [4.78, 5) is 22.6. The molecule has 0 aromatic carbocycles. The number of hydrogen-bond donors (Lipinski definition) is 1. The number of hydrogen-bond acceptors (Lipinski definition) is 3.